The Morgan fingerprint density at radius 2 is 1.97 bits per heavy atom. The number of rotatable bonds is 8. The summed E-state index contributed by atoms with van der Waals surface area (Å²) in [6.07, 6.45) is 4.07. The van der Waals surface area contributed by atoms with Gasteiger partial charge in [0, 0.05) is 31.5 Å². The first kappa shape index (κ1) is 22.1. The molecule has 0 saturated carbocycles. The normalized spacial score (nSPS) is 15.3. The van der Waals surface area contributed by atoms with Crippen molar-refractivity contribution in [1.82, 2.24) is 15.1 Å². The van der Waals surface area contributed by atoms with Gasteiger partial charge in [0.05, 0.1) is 24.8 Å². The summed E-state index contributed by atoms with van der Waals surface area (Å²) in [5.74, 6) is 0.949. The summed E-state index contributed by atoms with van der Waals surface area (Å²) in [4.78, 5) is 13.4. The molecule has 0 aliphatic carbocycles. The fraction of sp³-hybridized carbons (Fsp3) is 0.385. The van der Waals surface area contributed by atoms with Crippen LogP contribution in [0.5, 0.6) is 5.75 Å². The Bertz CT molecular complexity index is 1050. The molecule has 1 fully saturated rings. The molecular weight excluding hydrogens is 402 g/mol. The number of para-hydroxylation sites is 1. The number of methoxy groups -OCH3 is 1. The Morgan fingerprint density at radius 1 is 1.16 bits per heavy atom. The topological polar surface area (TPSA) is 65.4 Å². The first-order valence-electron chi connectivity index (χ1n) is 11.2. The first-order valence-corrected chi connectivity index (χ1v) is 11.2. The van der Waals surface area contributed by atoms with Crippen LogP contribution in [0.25, 0.3) is 11.1 Å². The van der Waals surface area contributed by atoms with Crippen molar-refractivity contribution in [2.24, 2.45) is 5.41 Å². The van der Waals surface area contributed by atoms with Gasteiger partial charge in [0.1, 0.15) is 5.75 Å². The minimum absolute atomic E-state index is 0.104. The van der Waals surface area contributed by atoms with Crippen LogP contribution in [0.4, 0.5) is 0 Å². The molecule has 6 nitrogen and oxygen atoms in total. The maximum Gasteiger partial charge on any atom is 0.226 e. The second-order valence-corrected chi connectivity index (χ2v) is 8.45. The monoisotopic (exact) mass is 433 g/mol. The second kappa shape index (κ2) is 10.0. The molecule has 6 heteroatoms. The fourth-order valence-corrected chi connectivity index (χ4v) is 4.43. The number of aromatic nitrogens is 2. The maximum atomic E-state index is 13.4. The lowest BCUT2D eigenvalue weighted by Crippen LogP contribution is -2.46. The van der Waals surface area contributed by atoms with Gasteiger partial charge in [0.25, 0.3) is 0 Å². The highest BCUT2D eigenvalue weighted by atomic mass is 16.5. The van der Waals surface area contributed by atoms with E-state index in [-0.39, 0.29) is 5.91 Å². The number of benzene rings is 2. The average molecular weight is 434 g/mol. The summed E-state index contributed by atoms with van der Waals surface area (Å²) in [6, 6.07) is 18.4. The van der Waals surface area contributed by atoms with Gasteiger partial charge in [-0.15, -0.1) is 0 Å². The molecule has 1 saturated heterocycles. The van der Waals surface area contributed by atoms with E-state index in [4.69, 9.17) is 9.47 Å². The molecule has 168 valence electrons. The molecule has 1 amide bonds. The van der Waals surface area contributed by atoms with Crippen LogP contribution < -0.4 is 10.1 Å². The molecule has 1 N–H and O–H groups in total. The first-order chi connectivity index (χ1) is 15.6. The van der Waals surface area contributed by atoms with Crippen LogP contribution >= 0.6 is 0 Å². The van der Waals surface area contributed by atoms with E-state index in [1.165, 1.54) is 0 Å². The van der Waals surface area contributed by atoms with E-state index < -0.39 is 5.41 Å². The maximum absolute atomic E-state index is 13.4. The Labute approximate surface area is 189 Å². The Balaban J connectivity index is 1.50. The Kier molecular flexibility index (Phi) is 6.90. The van der Waals surface area contributed by atoms with Gasteiger partial charge in [-0.3, -0.25) is 9.48 Å². The number of carbonyl (C=O) groups is 1. The molecular formula is C26H31N3O3. The van der Waals surface area contributed by atoms with Crippen LogP contribution in [-0.4, -0.2) is 42.6 Å². The lowest BCUT2D eigenvalue weighted by molar-refractivity contribution is -0.136. The van der Waals surface area contributed by atoms with Gasteiger partial charge in [-0.1, -0.05) is 42.5 Å². The van der Waals surface area contributed by atoms with Crippen LogP contribution in [0.15, 0.2) is 60.8 Å². The van der Waals surface area contributed by atoms with Gasteiger partial charge in [0.15, 0.2) is 0 Å². The number of carbonyl (C=O) groups excluding carboxylic acids is 1. The number of hydrogen-bond acceptors (Lipinski definition) is 4. The number of aryl methyl sites for hydroxylation is 1. The SMILES string of the molecule is COc1ccccc1-c1cccc(CC2(C(=O)NCCn3ccc(C)n3)CCOCC2)c1. The van der Waals surface area contributed by atoms with Crippen molar-refractivity contribution in [2.45, 2.75) is 32.7 Å². The highest BCUT2D eigenvalue weighted by molar-refractivity contribution is 5.83. The van der Waals surface area contributed by atoms with Gasteiger partial charge < -0.3 is 14.8 Å². The van der Waals surface area contributed by atoms with Crippen molar-refractivity contribution in [3.8, 4) is 16.9 Å². The molecule has 2 heterocycles. The molecule has 32 heavy (non-hydrogen) atoms. The van der Waals surface area contributed by atoms with Crippen LogP contribution in [0.1, 0.15) is 24.1 Å². The van der Waals surface area contributed by atoms with Gasteiger partial charge in [-0.25, -0.2) is 0 Å². The van der Waals surface area contributed by atoms with E-state index in [1.807, 2.05) is 42.1 Å². The summed E-state index contributed by atoms with van der Waals surface area (Å²) in [7, 11) is 1.69. The average Bonchev–Trinajstić information content (AvgIpc) is 3.24. The zero-order chi connectivity index (χ0) is 22.4. The third kappa shape index (κ3) is 5.02. The summed E-state index contributed by atoms with van der Waals surface area (Å²) in [6.45, 7) is 4.40. The highest BCUT2D eigenvalue weighted by Gasteiger charge is 2.40. The molecule has 0 radical (unpaired) electrons. The van der Waals surface area contributed by atoms with Crippen LogP contribution in [0.2, 0.25) is 0 Å². The molecule has 1 aromatic heterocycles. The molecule has 2 aromatic carbocycles. The third-order valence-electron chi connectivity index (χ3n) is 6.22. The highest BCUT2D eigenvalue weighted by Crippen LogP contribution is 2.36. The van der Waals surface area contributed by atoms with Gasteiger partial charge in [-0.05, 0) is 49.4 Å². The van der Waals surface area contributed by atoms with Crippen LogP contribution in [0.3, 0.4) is 0 Å². The molecule has 3 aromatic rings. The van der Waals surface area contributed by atoms with Gasteiger partial charge in [0.2, 0.25) is 5.91 Å². The number of hydrogen-bond donors (Lipinski definition) is 1. The molecule has 4 rings (SSSR count). The van der Waals surface area contributed by atoms with E-state index in [0.717, 1.165) is 41.0 Å². The second-order valence-electron chi connectivity index (χ2n) is 8.45. The fourth-order valence-electron chi connectivity index (χ4n) is 4.43. The summed E-state index contributed by atoms with van der Waals surface area (Å²) in [5, 5.41) is 7.55. The summed E-state index contributed by atoms with van der Waals surface area (Å²) < 4.78 is 13.0. The number of amides is 1. The van der Waals surface area contributed by atoms with Crippen molar-refractivity contribution in [2.75, 3.05) is 26.9 Å². The Hall–Kier alpha value is -3.12. The standard InChI is InChI=1S/C26H31N3O3/c1-20-10-14-29(28-20)15-13-27-25(30)26(11-16-32-17-12-26)19-21-6-5-7-22(18-21)23-8-3-4-9-24(23)31-2/h3-10,14,18H,11-13,15-17,19H2,1-2H3,(H,27,30). The quantitative estimate of drug-likeness (QED) is 0.583. The van der Waals surface area contributed by atoms with Crippen molar-refractivity contribution >= 4 is 5.91 Å². The van der Waals surface area contributed by atoms with Crippen molar-refractivity contribution in [1.29, 1.82) is 0 Å². The predicted octanol–water partition coefficient (Wildman–Crippen LogP) is 4.02. The zero-order valence-corrected chi connectivity index (χ0v) is 18.8. The van der Waals surface area contributed by atoms with Crippen molar-refractivity contribution < 1.29 is 14.3 Å². The largest absolute Gasteiger partial charge is 0.496 e. The van der Waals surface area contributed by atoms with Gasteiger partial charge >= 0.3 is 0 Å². The van der Waals surface area contributed by atoms with E-state index in [1.54, 1.807) is 7.11 Å². The van der Waals surface area contributed by atoms with Crippen LogP contribution in [0, 0.1) is 12.3 Å². The summed E-state index contributed by atoms with van der Waals surface area (Å²) >= 11 is 0. The predicted molar refractivity (Wildman–Crippen MR) is 125 cm³/mol. The minimum atomic E-state index is -0.461. The summed E-state index contributed by atoms with van der Waals surface area (Å²) in [5.41, 5.74) is 3.81. The van der Waals surface area contributed by atoms with E-state index in [2.05, 4.69) is 40.7 Å². The van der Waals surface area contributed by atoms with E-state index >= 15 is 0 Å². The molecule has 1 aliphatic rings. The van der Waals surface area contributed by atoms with Gasteiger partial charge in [-0.2, -0.15) is 5.10 Å². The third-order valence-corrected chi connectivity index (χ3v) is 6.22. The number of nitrogens with zero attached hydrogens (tertiary/aromatic N) is 2. The number of nitrogens with one attached hydrogen (secondary N) is 1. The van der Waals surface area contributed by atoms with E-state index in [9.17, 15) is 4.79 Å². The lowest BCUT2D eigenvalue weighted by Gasteiger charge is -2.36. The molecule has 0 bridgehead atoms. The van der Waals surface area contributed by atoms with Crippen molar-refractivity contribution in [3.05, 3.63) is 72.1 Å². The number of ether oxygens (including phenoxy) is 2. The molecule has 0 unspecified atom stereocenters. The molecule has 1 aliphatic heterocycles. The smallest absolute Gasteiger partial charge is 0.226 e. The molecule has 0 atom stereocenters. The molecule has 0 spiro atoms. The minimum Gasteiger partial charge on any atom is -0.496 e. The van der Waals surface area contributed by atoms with Crippen molar-refractivity contribution in [3.63, 3.8) is 0 Å². The zero-order valence-electron chi connectivity index (χ0n) is 18.8. The Morgan fingerprint density at radius 3 is 2.72 bits per heavy atom. The van der Waals surface area contributed by atoms with E-state index in [0.29, 0.717) is 32.7 Å². The lowest BCUT2D eigenvalue weighted by atomic mass is 9.74. The van der Waals surface area contributed by atoms with Crippen LogP contribution in [-0.2, 0) is 22.5 Å².